The number of aromatic nitrogens is 4. The van der Waals surface area contributed by atoms with Gasteiger partial charge < -0.3 is 0 Å². The fourth-order valence-corrected chi connectivity index (χ4v) is 2.28. The highest BCUT2D eigenvalue weighted by atomic mass is 16.2. The largest absolute Gasteiger partial charge is 0.352 e. The van der Waals surface area contributed by atoms with Crippen LogP contribution in [-0.4, -0.2) is 25.5 Å². The molecule has 3 rings (SSSR count). The van der Waals surface area contributed by atoms with Gasteiger partial charge in [-0.15, -0.1) is 0 Å². The Morgan fingerprint density at radius 1 is 1.14 bits per heavy atom. The van der Waals surface area contributed by atoms with E-state index in [0.717, 1.165) is 15.7 Å². The van der Waals surface area contributed by atoms with Gasteiger partial charge in [0, 0.05) is 7.05 Å². The molecule has 2 aliphatic heterocycles. The summed E-state index contributed by atoms with van der Waals surface area (Å²) in [6.45, 7) is 3.79. The fraction of sp³-hybridized carbons (Fsp3) is 0.214. The normalized spacial score (nSPS) is 11.2. The lowest BCUT2D eigenvalue weighted by molar-refractivity contribution is 0.548. The summed E-state index contributed by atoms with van der Waals surface area (Å²) in [6, 6.07) is 3.58. The molecule has 0 radical (unpaired) electrons. The van der Waals surface area contributed by atoms with Crippen molar-refractivity contribution in [3.8, 4) is 11.5 Å². The van der Waals surface area contributed by atoms with Gasteiger partial charge in [-0.1, -0.05) is 6.07 Å². The van der Waals surface area contributed by atoms with E-state index < -0.39 is 11.2 Å². The molecule has 106 valence electrons. The van der Waals surface area contributed by atoms with Crippen molar-refractivity contribution in [2.75, 3.05) is 0 Å². The molecule has 0 bridgehead atoms. The lowest BCUT2D eigenvalue weighted by Crippen LogP contribution is -2.36. The second kappa shape index (κ2) is 4.34. The van der Waals surface area contributed by atoms with Crippen LogP contribution >= 0.6 is 0 Å². The minimum atomic E-state index is -0.715. The summed E-state index contributed by atoms with van der Waals surface area (Å²) in [5.41, 5.74) is 1.66. The van der Waals surface area contributed by atoms with Crippen LogP contribution in [0.15, 0.2) is 21.7 Å². The average molecular weight is 284 g/mol. The monoisotopic (exact) mass is 284 g/mol. The van der Waals surface area contributed by atoms with Crippen LogP contribution in [0.1, 0.15) is 11.1 Å². The van der Waals surface area contributed by atoms with Crippen LogP contribution < -0.4 is 11.2 Å². The van der Waals surface area contributed by atoms with Crippen molar-refractivity contribution in [2.45, 2.75) is 13.8 Å². The van der Waals surface area contributed by atoms with Crippen LogP contribution in [-0.2, 0) is 11.8 Å². The van der Waals surface area contributed by atoms with Crippen molar-refractivity contribution >= 4 is 17.4 Å². The number of fused-ring (bicyclic) bond motifs is 2. The minimum Gasteiger partial charge on any atom is -0.278 e. The van der Waals surface area contributed by atoms with Gasteiger partial charge in [-0.3, -0.25) is 18.7 Å². The van der Waals surface area contributed by atoms with Crippen molar-refractivity contribution in [3.63, 3.8) is 0 Å². The molecular formula is C14H12N4O3. The van der Waals surface area contributed by atoms with Gasteiger partial charge in [0.05, 0.1) is 11.0 Å². The molecule has 0 fully saturated rings. The summed E-state index contributed by atoms with van der Waals surface area (Å²) >= 11 is 0. The van der Waals surface area contributed by atoms with E-state index in [0.29, 0.717) is 17.4 Å². The third-order valence-corrected chi connectivity index (χ3v) is 3.70. The first kappa shape index (κ1) is 13.2. The topological polar surface area (TPSA) is 86.8 Å². The summed E-state index contributed by atoms with van der Waals surface area (Å²) in [7, 11) is 1.33. The molecule has 0 aliphatic carbocycles. The minimum absolute atomic E-state index is 0.00500. The SMILES string of the molecule is Cc1ccc2c(nc3c(=O)n(C)c(=O)nc-3n2C=O)c1C. The maximum atomic E-state index is 12.2. The van der Waals surface area contributed by atoms with Gasteiger partial charge in [-0.25, -0.2) is 9.78 Å². The zero-order chi connectivity index (χ0) is 15.3. The summed E-state index contributed by atoms with van der Waals surface area (Å²) in [5, 5.41) is 0. The Bertz CT molecular complexity index is 984. The summed E-state index contributed by atoms with van der Waals surface area (Å²) in [5.74, 6) is -0.0196. The van der Waals surface area contributed by atoms with Gasteiger partial charge in [0.15, 0.2) is 11.5 Å². The van der Waals surface area contributed by atoms with Gasteiger partial charge >= 0.3 is 5.69 Å². The Kier molecular flexibility index (Phi) is 2.72. The molecule has 2 heterocycles. The van der Waals surface area contributed by atoms with Gasteiger partial charge in [0.2, 0.25) is 6.41 Å². The van der Waals surface area contributed by atoms with E-state index in [1.807, 2.05) is 19.9 Å². The van der Waals surface area contributed by atoms with Gasteiger partial charge in [0.1, 0.15) is 0 Å². The van der Waals surface area contributed by atoms with E-state index in [4.69, 9.17) is 0 Å². The molecule has 0 unspecified atom stereocenters. The predicted octanol–water partition coefficient (Wildman–Crippen LogP) is 0.250. The average Bonchev–Trinajstić information content (AvgIpc) is 2.47. The molecule has 0 spiro atoms. The van der Waals surface area contributed by atoms with E-state index in [1.165, 1.54) is 11.6 Å². The van der Waals surface area contributed by atoms with Crippen molar-refractivity contribution < 1.29 is 4.79 Å². The van der Waals surface area contributed by atoms with Crippen molar-refractivity contribution in [1.29, 1.82) is 0 Å². The van der Waals surface area contributed by atoms with Crippen LogP contribution in [0.2, 0.25) is 0 Å². The highest BCUT2D eigenvalue weighted by molar-refractivity contribution is 5.88. The van der Waals surface area contributed by atoms with Gasteiger partial charge in [-0.2, -0.15) is 4.98 Å². The van der Waals surface area contributed by atoms with Crippen molar-refractivity contribution in [1.82, 2.24) is 19.1 Å². The third-order valence-electron chi connectivity index (χ3n) is 3.70. The summed E-state index contributed by atoms with van der Waals surface area (Å²) in [6.07, 6.45) is 0.535. The molecule has 1 aromatic carbocycles. The molecule has 2 aliphatic rings. The number of benzene rings is 1. The molecule has 0 N–H and O–H groups in total. The second-order valence-corrected chi connectivity index (χ2v) is 4.89. The highest BCUT2D eigenvalue weighted by Gasteiger charge is 2.21. The Morgan fingerprint density at radius 2 is 1.86 bits per heavy atom. The molecule has 7 nitrogen and oxygen atoms in total. The lowest BCUT2D eigenvalue weighted by atomic mass is 10.1. The Balaban J connectivity index is 2.69. The molecule has 0 saturated heterocycles. The molecule has 21 heavy (non-hydrogen) atoms. The predicted molar refractivity (Wildman–Crippen MR) is 77.3 cm³/mol. The second-order valence-electron chi connectivity index (χ2n) is 4.89. The smallest absolute Gasteiger partial charge is 0.278 e. The maximum absolute atomic E-state index is 12.2. The summed E-state index contributed by atoms with van der Waals surface area (Å²) in [4.78, 5) is 43.4. The molecule has 0 saturated carbocycles. The zero-order valence-corrected chi connectivity index (χ0v) is 11.7. The fourth-order valence-electron chi connectivity index (χ4n) is 2.28. The van der Waals surface area contributed by atoms with E-state index in [-0.39, 0.29) is 11.5 Å². The molecule has 7 heteroatoms. The van der Waals surface area contributed by atoms with Crippen LogP contribution in [0.4, 0.5) is 0 Å². The van der Waals surface area contributed by atoms with Gasteiger partial charge in [0.25, 0.3) is 5.56 Å². The Hall–Kier alpha value is -2.83. The number of carbonyl (C=O) groups excluding carboxylic acids is 1. The standard InChI is InChI=1S/C14H12N4O3/c1-7-4-5-9-10(8(7)2)15-11-12(18(9)6-19)16-14(21)17(3)13(11)20/h4-6H,1-3H3. The van der Waals surface area contributed by atoms with E-state index in [9.17, 15) is 14.4 Å². The van der Waals surface area contributed by atoms with Crippen LogP contribution in [0.25, 0.3) is 22.6 Å². The summed E-state index contributed by atoms with van der Waals surface area (Å²) < 4.78 is 2.06. The quantitative estimate of drug-likeness (QED) is 0.472. The number of nitrogens with zero attached hydrogens (tertiary/aromatic N) is 4. The first-order chi connectivity index (χ1) is 9.95. The molecule has 0 atom stereocenters. The highest BCUT2D eigenvalue weighted by Crippen LogP contribution is 2.23. The molecular weight excluding hydrogens is 272 g/mol. The van der Waals surface area contributed by atoms with Crippen molar-refractivity contribution in [3.05, 3.63) is 44.1 Å². The number of carbonyl (C=O) groups is 1. The molecule has 0 amide bonds. The maximum Gasteiger partial charge on any atom is 0.352 e. The van der Waals surface area contributed by atoms with Crippen LogP contribution in [0.3, 0.4) is 0 Å². The number of hydrogen-bond donors (Lipinski definition) is 0. The van der Waals surface area contributed by atoms with Crippen LogP contribution in [0.5, 0.6) is 0 Å². The van der Waals surface area contributed by atoms with E-state index >= 15 is 0 Å². The van der Waals surface area contributed by atoms with E-state index in [2.05, 4.69) is 9.97 Å². The number of aryl methyl sites for hydroxylation is 2. The van der Waals surface area contributed by atoms with E-state index in [1.54, 1.807) is 6.07 Å². The first-order valence-corrected chi connectivity index (χ1v) is 6.30. The van der Waals surface area contributed by atoms with Crippen molar-refractivity contribution in [2.24, 2.45) is 7.05 Å². The van der Waals surface area contributed by atoms with Gasteiger partial charge in [-0.05, 0) is 31.0 Å². The number of rotatable bonds is 1. The molecule has 1 aromatic rings. The molecule has 0 aromatic heterocycles. The number of hydrogen-bond acceptors (Lipinski definition) is 5. The van der Waals surface area contributed by atoms with Crippen LogP contribution in [0, 0.1) is 13.8 Å². The Labute approximate surface area is 118 Å². The third kappa shape index (κ3) is 1.70. The zero-order valence-electron chi connectivity index (χ0n) is 11.7. The lowest BCUT2D eigenvalue weighted by Gasteiger charge is -2.14. The first-order valence-electron chi connectivity index (χ1n) is 6.30. The Morgan fingerprint density at radius 3 is 2.52 bits per heavy atom.